The predicted molar refractivity (Wildman–Crippen MR) is 114 cm³/mol. The maximum Gasteiger partial charge on any atom is 0.240 e. The van der Waals surface area contributed by atoms with Gasteiger partial charge < -0.3 is 19.6 Å². The molecule has 4 aromatic rings. The van der Waals surface area contributed by atoms with Gasteiger partial charge in [0.2, 0.25) is 14.8 Å². The number of ether oxygens (including phenoxy) is 2. The van der Waals surface area contributed by atoms with E-state index in [9.17, 15) is 13.5 Å². The van der Waals surface area contributed by atoms with Crippen LogP contribution in [0, 0.1) is 0 Å². The van der Waals surface area contributed by atoms with E-state index in [2.05, 4.69) is 4.98 Å². The molecule has 0 saturated carbocycles. The van der Waals surface area contributed by atoms with Crippen LogP contribution in [0.3, 0.4) is 0 Å². The minimum Gasteiger partial charge on any atom is -0.497 e. The van der Waals surface area contributed by atoms with Crippen LogP contribution in [0.4, 0.5) is 0 Å². The lowest BCUT2D eigenvalue weighted by Crippen LogP contribution is -2.38. The number of nitrogens with one attached hydrogen (secondary N) is 1. The van der Waals surface area contributed by atoms with Crippen LogP contribution in [0.1, 0.15) is 11.3 Å². The van der Waals surface area contributed by atoms with Gasteiger partial charge >= 0.3 is 0 Å². The molecule has 0 spiro atoms. The number of aromatic nitrogens is 1. The molecule has 0 fully saturated rings. The van der Waals surface area contributed by atoms with Gasteiger partial charge in [-0.25, -0.2) is 8.42 Å². The first kappa shape index (κ1) is 20.0. The van der Waals surface area contributed by atoms with Crippen molar-refractivity contribution in [2.45, 2.75) is 9.83 Å². The number of rotatable bonds is 6. The number of H-pyrrole nitrogens is 1. The summed E-state index contributed by atoms with van der Waals surface area (Å²) in [6.45, 7) is 0. The van der Waals surface area contributed by atoms with Gasteiger partial charge in [0, 0.05) is 5.52 Å². The third-order valence-corrected chi connectivity index (χ3v) is 7.22. The van der Waals surface area contributed by atoms with E-state index in [0.717, 1.165) is 5.39 Å². The fraction of sp³-hybridized carbons (Fsp3) is 0.130. The average molecular weight is 423 g/mol. The number of fused-ring (bicyclic) bond motifs is 1. The lowest BCUT2D eigenvalue weighted by molar-refractivity contribution is 0.158. The van der Waals surface area contributed by atoms with Gasteiger partial charge in [0.15, 0.2) is 0 Å². The second-order valence-corrected chi connectivity index (χ2v) is 8.87. The third-order valence-electron chi connectivity index (χ3n) is 5.11. The summed E-state index contributed by atoms with van der Waals surface area (Å²) in [5.41, 5.74) is 0.870. The Morgan fingerprint density at radius 2 is 1.57 bits per heavy atom. The predicted octanol–water partition coefficient (Wildman–Crippen LogP) is 3.85. The molecule has 1 unspecified atom stereocenters. The van der Waals surface area contributed by atoms with E-state index >= 15 is 0 Å². The molecule has 1 heterocycles. The molecule has 1 atom stereocenters. The van der Waals surface area contributed by atoms with E-state index in [-0.39, 0.29) is 21.9 Å². The molecule has 30 heavy (non-hydrogen) atoms. The summed E-state index contributed by atoms with van der Waals surface area (Å²) in [5, 5.41) is 12.8. The van der Waals surface area contributed by atoms with Crippen molar-refractivity contribution < 1.29 is 23.0 Å². The zero-order chi connectivity index (χ0) is 21.4. The van der Waals surface area contributed by atoms with Crippen molar-refractivity contribution in [3.8, 4) is 11.5 Å². The first-order chi connectivity index (χ1) is 14.4. The standard InChI is InChI=1S/C23H21NO5S/c1-28-17-12-13-21(29-2)19(15-17)23(25,30(26,27)18-9-4-3-5-10-18)22-14-16-8-6-7-11-20(16)24-22/h3-15,24-25H,1-2H3. The van der Waals surface area contributed by atoms with Crippen LogP contribution in [-0.2, 0) is 14.8 Å². The van der Waals surface area contributed by atoms with E-state index in [4.69, 9.17) is 9.47 Å². The Labute approximate surface area is 174 Å². The van der Waals surface area contributed by atoms with Crippen molar-refractivity contribution >= 4 is 20.7 Å². The molecule has 3 aromatic carbocycles. The zero-order valence-corrected chi connectivity index (χ0v) is 17.3. The molecule has 0 aliphatic rings. The van der Waals surface area contributed by atoms with Crippen molar-refractivity contribution in [1.29, 1.82) is 0 Å². The van der Waals surface area contributed by atoms with Crippen LogP contribution in [0.25, 0.3) is 10.9 Å². The van der Waals surface area contributed by atoms with Crippen molar-refractivity contribution in [3.63, 3.8) is 0 Å². The number of hydrogen-bond acceptors (Lipinski definition) is 5. The minimum atomic E-state index is -4.32. The first-order valence-corrected chi connectivity index (χ1v) is 10.7. The normalized spacial score (nSPS) is 13.7. The summed E-state index contributed by atoms with van der Waals surface area (Å²) >= 11 is 0. The molecule has 1 aromatic heterocycles. The second kappa shape index (κ2) is 7.51. The largest absolute Gasteiger partial charge is 0.497 e. The smallest absolute Gasteiger partial charge is 0.240 e. The highest BCUT2D eigenvalue weighted by atomic mass is 32.2. The second-order valence-electron chi connectivity index (χ2n) is 6.80. The van der Waals surface area contributed by atoms with Gasteiger partial charge in [-0.05, 0) is 47.9 Å². The molecule has 7 heteroatoms. The van der Waals surface area contributed by atoms with E-state index < -0.39 is 14.8 Å². The highest BCUT2D eigenvalue weighted by molar-refractivity contribution is 7.92. The number of aromatic amines is 1. The summed E-state index contributed by atoms with van der Waals surface area (Å²) in [5.74, 6) is 0.611. The van der Waals surface area contributed by atoms with E-state index in [1.54, 1.807) is 36.4 Å². The van der Waals surface area contributed by atoms with Crippen molar-refractivity contribution in [2.24, 2.45) is 0 Å². The van der Waals surface area contributed by atoms with Gasteiger partial charge in [-0.2, -0.15) is 0 Å². The summed E-state index contributed by atoms with van der Waals surface area (Å²) in [7, 11) is -1.43. The van der Waals surface area contributed by atoms with Gasteiger partial charge in [-0.1, -0.05) is 36.4 Å². The Bertz CT molecular complexity index is 1260. The van der Waals surface area contributed by atoms with Crippen molar-refractivity contribution in [2.75, 3.05) is 14.2 Å². The van der Waals surface area contributed by atoms with Gasteiger partial charge in [0.25, 0.3) is 0 Å². The molecule has 0 bridgehead atoms. The van der Waals surface area contributed by atoms with Crippen LogP contribution < -0.4 is 9.47 Å². The third kappa shape index (κ3) is 3.03. The summed E-state index contributed by atoms with van der Waals surface area (Å²) in [6.07, 6.45) is 0. The van der Waals surface area contributed by atoms with Crippen LogP contribution in [0.5, 0.6) is 11.5 Å². The monoisotopic (exact) mass is 423 g/mol. The Morgan fingerprint density at radius 1 is 0.867 bits per heavy atom. The SMILES string of the molecule is COc1ccc(OC)c(C(O)(c2cc3ccccc3[nH]2)S(=O)(=O)c2ccccc2)c1. The number of methoxy groups -OCH3 is 2. The van der Waals surface area contributed by atoms with E-state index in [1.807, 2.05) is 24.3 Å². The Morgan fingerprint density at radius 3 is 2.23 bits per heavy atom. The van der Waals surface area contributed by atoms with Gasteiger partial charge in [-0.15, -0.1) is 0 Å². The topological polar surface area (TPSA) is 88.6 Å². The van der Waals surface area contributed by atoms with Crippen LogP contribution in [-0.4, -0.2) is 32.7 Å². The molecule has 0 amide bonds. The molecule has 4 rings (SSSR count). The molecule has 0 aliphatic carbocycles. The number of sulfone groups is 1. The number of benzene rings is 3. The Kier molecular flexibility index (Phi) is 5.01. The number of aliphatic hydroxyl groups is 1. The van der Waals surface area contributed by atoms with E-state index in [1.165, 1.54) is 32.4 Å². The summed E-state index contributed by atoms with van der Waals surface area (Å²) in [6, 6.07) is 21.5. The fourth-order valence-electron chi connectivity index (χ4n) is 3.54. The summed E-state index contributed by atoms with van der Waals surface area (Å²) < 4.78 is 38.4. The molecule has 0 radical (unpaired) electrons. The molecule has 6 nitrogen and oxygen atoms in total. The average Bonchev–Trinajstić information content (AvgIpc) is 3.23. The fourth-order valence-corrected chi connectivity index (χ4v) is 5.24. The molecular formula is C23H21NO5S. The number of para-hydroxylation sites is 1. The highest BCUT2D eigenvalue weighted by Gasteiger charge is 2.49. The molecule has 0 saturated heterocycles. The van der Waals surface area contributed by atoms with Gasteiger partial charge in [0.05, 0.1) is 30.4 Å². The first-order valence-electron chi connectivity index (χ1n) is 9.24. The summed E-state index contributed by atoms with van der Waals surface area (Å²) in [4.78, 5) is 0.605. The van der Waals surface area contributed by atoms with Gasteiger partial charge in [-0.3, -0.25) is 0 Å². The molecular weight excluding hydrogens is 402 g/mol. The Hall–Kier alpha value is -3.29. The molecule has 154 valence electrons. The van der Waals surface area contributed by atoms with E-state index in [0.29, 0.717) is 11.3 Å². The Balaban J connectivity index is 2.08. The van der Waals surface area contributed by atoms with Crippen LogP contribution >= 0.6 is 0 Å². The quantitative estimate of drug-likeness (QED) is 0.492. The highest BCUT2D eigenvalue weighted by Crippen LogP contribution is 2.44. The lowest BCUT2D eigenvalue weighted by atomic mass is 10.0. The minimum absolute atomic E-state index is 0.0176. The van der Waals surface area contributed by atoms with Crippen LogP contribution in [0.2, 0.25) is 0 Å². The molecule has 2 N–H and O–H groups in total. The zero-order valence-electron chi connectivity index (χ0n) is 16.5. The van der Waals surface area contributed by atoms with Crippen molar-refractivity contribution in [3.05, 3.63) is 90.1 Å². The lowest BCUT2D eigenvalue weighted by Gasteiger charge is -2.29. The molecule has 0 aliphatic heterocycles. The van der Waals surface area contributed by atoms with Crippen molar-refractivity contribution in [1.82, 2.24) is 4.98 Å². The van der Waals surface area contributed by atoms with Crippen LogP contribution in [0.15, 0.2) is 83.8 Å². The maximum absolute atomic E-state index is 13.8. The number of hydrogen-bond donors (Lipinski definition) is 2. The van der Waals surface area contributed by atoms with Gasteiger partial charge in [0.1, 0.15) is 11.5 Å². The maximum atomic E-state index is 13.8.